The maximum Gasteiger partial charge on any atom is 0.223 e. The molecule has 4 nitrogen and oxygen atoms in total. The first-order valence-electron chi connectivity index (χ1n) is 9.01. The van der Waals surface area contributed by atoms with Crippen molar-refractivity contribution in [2.45, 2.75) is 58.4 Å². The Morgan fingerprint density at radius 3 is 2.87 bits per heavy atom. The van der Waals surface area contributed by atoms with Gasteiger partial charge in [-0.2, -0.15) is 0 Å². The Labute approximate surface area is 138 Å². The lowest BCUT2D eigenvalue weighted by atomic mass is 10.2. The van der Waals surface area contributed by atoms with E-state index in [1.807, 2.05) is 0 Å². The third kappa shape index (κ3) is 4.12. The van der Waals surface area contributed by atoms with Gasteiger partial charge in [-0.25, -0.2) is 4.98 Å². The maximum absolute atomic E-state index is 11.6. The lowest BCUT2D eigenvalue weighted by molar-refractivity contribution is -0.122. The fourth-order valence-corrected chi connectivity index (χ4v) is 3.08. The molecule has 1 aromatic carbocycles. The van der Waals surface area contributed by atoms with Crippen molar-refractivity contribution in [1.82, 2.24) is 14.9 Å². The Hall–Kier alpha value is -1.84. The SMILES string of the molecule is CCCn1c(CCCCCNC(=O)C2CC2)nc2ccccc21. The van der Waals surface area contributed by atoms with Crippen LogP contribution in [0.4, 0.5) is 0 Å². The summed E-state index contributed by atoms with van der Waals surface area (Å²) in [6, 6.07) is 8.40. The molecule has 0 saturated heterocycles. The third-order valence-corrected chi connectivity index (χ3v) is 4.51. The average molecular weight is 313 g/mol. The van der Waals surface area contributed by atoms with Crippen molar-refractivity contribution in [3.63, 3.8) is 0 Å². The number of nitrogens with zero attached hydrogens (tertiary/aromatic N) is 2. The van der Waals surface area contributed by atoms with Crippen LogP contribution in [0.25, 0.3) is 11.0 Å². The van der Waals surface area contributed by atoms with E-state index in [4.69, 9.17) is 4.98 Å². The van der Waals surface area contributed by atoms with Crippen molar-refractivity contribution >= 4 is 16.9 Å². The Bertz CT molecular complexity index is 658. The number of para-hydroxylation sites is 2. The zero-order valence-electron chi connectivity index (χ0n) is 14.1. The average Bonchev–Trinajstić information content (AvgIpc) is 3.35. The number of amides is 1. The molecule has 1 aliphatic carbocycles. The number of hydrogen-bond acceptors (Lipinski definition) is 2. The van der Waals surface area contributed by atoms with E-state index in [0.29, 0.717) is 5.92 Å². The van der Waals surface area contributed by atoms with Crippen LogP contribution >= 0.6 is 0 Å². The van der Waals surface area contributed by atoms with Gasteiger partial charge in [0.25, 0.3) is 0 Å². The van der Waals surface area contributed by atoms with E-state index < -0.39 is 0 Å². The first-order valence-corrected chi connectivity index (χ1v) is 9.01. The van der Waals surface area contributed by atoms with Gasteiger partial charge in [0.1, 0.15) is 5.82 Å². The highest BCUT2D eigenvalue weighted by molar-refractivity contribution is 5.80. The van der Waals surface area contributed by atoms with Gasteiger partial charge in [0.05, 0.1) is 11.0 Å². The van der Waals surface area contributed by atoms with Gasteiger partial charge in [-0.1, -0.05) is 25.5 Å². The molecule has 0 atom stereocenters. The van der Waals surface area contributed by atoms with Gasteiger partial charge in [-0.3, -0.25) is 4.79 Å². The van der Waals surface area contributed by atoms with Crippen LogP contribution < -0.4 is 5.32 Å². The topological polar surface area (TPSA) is 46.9 Å². The summed E-state index contributed by atoms with van der Waals surface area (Å²) in [7, 11) is 0. The van der Waals surface area contributed by atoms with Gasteiger partial charge in [-0.05, 0) is 44.2 Å². The molecule has 1 aliphatic rings. The molecule has 0 spiro atoms. The van der Waals surface area contributed by atoms with Gasteiger partial charge in [0, 0.05) is 25.4 Å². The summed E-state index contributed by atoms with van der Waals surface area (Å²) in [6.07, 6.45) is 7.64. The molecule has 124 valence electrons. The zero-order chi connectivity index (χ0) is 16.1. The van der Waals surface area contributed by atoms with Gasteiger partial charge < -0.3 is 9.88 Å². The van der Waals surface area contributed by atoms with Crippen LogP contribution in [-0.2, 0) is 17.8 Å². The maximum atomic E-state index is 11.6. The van der Waals surface area contributed by atoms with E-state index in [0.717, 1.165) is 63.6 Å². The molecule has 1 aromatic heterocycles. The minimum atomic E-state index is 0.259. The van der Waals surface area contributed by atoms with Crippen molar-refractivity contribution in [2.24, 2.45) is 5.92 Å². The summed E-state index contributed by atoms with van der Waals surface area (Å²) in [4.78, 5) is 16.4. The minimum Gasteiger partial charge on any atom is -0.356 e. The monoisotopic (exact) mass is 313 g/mol. The van der Waals surface area contributed by atoms with Gasteiger partial charge in [0.2, 0.25) is 5.91 Å². The highest BCUT2D eigenvalue weighted by atomic mass is 16.2. The third-order valence-electron chi connectivity index (χ3n) is 4.51. The van der Waals surface area contributed by atoms with E-state index in [2.05, 4.69) is 41.1 Å². The number of unbranched alkanes of at least 4 members (excludes halogenated alkanes) is 2. The van der Waals surface area contributed by atoms with Crippen molar-refractivity contribution in [3.8, 4) is 0 Å². The Kier molecular flexibility index (Phi) is 5.31. The van der Waals surface area contributed by atoms with E-state index in [-0.39, 0.29) is 5.91 Å². The number of benzene rings is 1. The van der Waals surface area contributed by atoms with E-state index in [9.17, 15) is 4.79 Å². The van der Waals surface area contributed by atoms with Crippen molar-refractivity contribution in [1.29, 1.82) is 0 Å². The molecule has 4 heteroatoms. The summed E-state index contributed by atoms with van der Waals surface area (Å²) in [5.41, 5.74) is 2.36. The zero-order valence-corrected chi connectivity index (χ0v) is 14.1. The lowest BCUT2D eigenvalue weighted by Crippen LogP contribution is -2.25. The highest BCUT2D eigenvalue weighted by Gasteiger charge is 2.28. The van der Waals surface area contributed by atoms with Crippen LogP contribution in [0.5, 0.6) is 0 Å². The predicted molar refractivity (Wildman–Crippen MR) is 93.3 cm³/mol. The number of aryl methyl sites for hydroxylation is 2. The standard InChI is InChI=1S/C19H27N3O/c1-2-14-22-17-9-6-5-8-16(17)21-18(22)10-4-3-7-13-20-19(23)15-11-12-15/h5-6,8-9,15H,2-4,7,10-14H2,1H3,(H,20,23). The van der Waals surface area contributed by atoms with E-state index in [1.54, 1.807) is 0 Å². The Morgan fingerprint density at radius 1 is 1.26 bits per heavy atom. The van der Waals surface area contributed by atoms with Crippen LogP contribution in [0, 0.1) is 5.92 Å². The van der Waals surface area contributed by atoms with Crippen LogP contribution in [0.3, 0.4) is 0 Å². The van der Waals surface area contributed by atoms with Gasteiger partial charge in [0.15, 0.2) is 0 Å². The van der Waals surface area contributed by atoms with Crippen molar-refractivity contribution < 1.29 is 4.79 Å². The molecule has 1 N–H and O–H groups in total. The van der Waals surface area contributed by atoms with Crippen LogP contribution in [0.2, 0.25) is 0 Å². The number of nitrogens with one attached hydrogen (secondary N) is 1. The molecule has 23 heavy (non-hydrogen) atoms. The fourth-order valence-electron chi connectivity index (χ4n) is 3.08. The second-order valence-electron chi connectivity index (χ2n) is 6.54. The molecule has 0 aliphatic heterocycles. The number of rotatable bonds is 9. The Morgan fingerprint density at radius 2 is 2.09 bits per heavy atom. The summed E-state index contributed by atoms with van der Waals surface area (Å²) in [5, 5.41) is 3.04. The number of hydrogen-bond donors (Lipinski definition) is 1. The number of carbonyl (C=O) groups is 1. The molecule has 0 unspecified atom stereocenters. The summed E-state index contributed by atoms with van der Waals surface area (Å²) in [5.74, 6) is 1.79. The number of imidazole rings is 1. The first-order chi connectivity index (χ1) is 11.3. The molecule has 1 heterocycles. The number of fused-ring (bicyclic) bond motifs is 1. The molecule has 3 rings (SSSR count). The molecular weight excluding hydrogens is 286 g/mol. The van der Waals surface area contributed by atoms with Gasteiger partial charge >= 0.3 is 0 Å². The largest absolute Gasteiger partial charge is 0.356 e. The molecule has 0 radical (unpaired) electrons. The van der Waals surface area contributed by atoms with Crippen LogP contribution in [0.1, 0.15) is 51.3 Å². The van der Waals surface area contributed by atoms with Crippen molar-refractivity contribution in [2.75, 3.05) is 6.54 Å². The molecule has 1 amide bonds. The lowest BCUT2D eigenvalue weighted by Gasteiger charge is -2.08. The smallest absolute Gasteiger partial charge is 0.223 e. The molecular formula is C19H27N3O. The number of aromatic nitrogens is 2. The summed E-state index contributed by atoms with van der Waals surface area (Å²) in [6.45, 7) is 4.06. The first kappa shape index (κ1) is 16.0. The normalized spacial score (nSPS) is 14.3. The quantitative estimate of drug-likeness (QED) is 0.718. The number of carbonyl (C=O) groups excluding carboxylic acids is 1. The Balaban J connectivity index is 1.46. The minimum absolute atomic E-state index is 0.259. The molecule has 1 fully saturated rings. The van der Waals surface area contributed by atoms with Gasteiger partial charge in [-0.15, -0.1) is 0 Å². The van der Waals surface area contributed by atoms with E-state index >= 15 is 0 Å². The second-order valence-corrected chi connectivity index (χ2v) is 6.54. The van der Waals surface area contributed by atoms with Crippen molar-refractivity contribution in [3.05, 3.63) is 30.1 Å². The fraction of sp³-hybridized carbons (Fsp3) is 0.579. The van der Waals surface area contributed by atoms with E-state index in [1.165, 1.54) is 11.3 Å². The molecule has 1 saturated carbocycles. The molecule has 0 bridgehead atoms. The highest BCUT2D eigenvalue weighted by Crippen LogP contribution is 2.28. The van der Waals surface area contributed by atoms with Crippen LogP contribution in [-0.4, -0.2) is 22.0 Å². The molecule has 2 aromatic rings. The second kappa shape index (κ2) is 7.62. The van der Waals surface area contributed by atoms with Crippen LogP contribution in [0.15, 0.2) is 24.3 Å². The summed E-state index contributed by atoms with van der Waals surface area (Å²) >= 11 is 0. The predicted octanol–water partition coefficient (Wildman–Crippen LogP) is 3.69. The summed E-state index contributed by atoms with van der Waals surface area (Å²) < 4.78 is 2.37.